The van der Waals surface area contributed by atoms with Crippen LogP contribution in [0.3, 0.4) is 0 Å². The lowest BCUT2D eigenvalue weighted by molar-refractivity contribution is 0.200. The van der Waals surface area contributed by atoms with E-state index in [0.29, 0.717) is 0 Å². The molecule has 1 heterocycles. The first-order valence-corrected chi connectivity index (χ1v) is 6.65. The monoisotopic (exact) mass is 252 g/mol. The van der Waals surface area contributed by atoms with Crippen LogP contribution >= 0.6 is 11.6 Å². The van der Waals surface area contributed by atoms with Gasteiger partial charge in [-0.25, -0.2) is 0 Å². The lowest BCUT2D eigenvalue weighted by Crippen LogP contribution is -2.47. The van der Waals surface area contributed by atoms with Crippen LogP contribution in [0.15, 0.2) is 24.3 Å². The smallest absolute Gasteiger partial charge is 0.0408 e. The molecular weight excluding hydrogens is 232 g/mol. The van der Waals surface area contributed by atoms with Crippen LogP contribution in [-0.4, -0.2) is 37.6 Å². The number of nitrogens with zero attached hydrogens (tertiary/aromatic N) is 1. The van der Waals surface area contributed by atoms with Gasteiger partial charge in [-0.2, -0.15) is 0 Å². The Hall–Kier alpha value is -0.570. The average Bonchev–Trinajstić information content (AvgIpc) is 2.30. The maximum Gasteiger partial charge on any atom is 0.0408 e. The topological polar surface area (TPSA) is 15.3 Å². The summed E-state index contributed by atoms with van der Waals surface area (Å²) in [5, 5.41) is 4.22. The largest absolute Gasteiger partial charge is 0.314 e. The zero-order valence-corrected chi connectivity index (χ0v) is 11.4. The standard InChI is InChI=1S/C14H21ClN2/c1-14(2,11-17-8-6-16-7-9-17)12-4-3-5-13(15)10-12/h3-5,10,16H,6-9,11H2,1-2H3. The Labute approximate surface area is 109 Å². The van der Waals surface area contributed by atoms with Crippen molar-refractivity contribution in [2.45, 2.75) is 19.3 Å². The summed E-state index contributed by atoms with van der Waals surface area (Å²) >= 11 is 6.07. The molecule has 1 aromatic carbocycles. The van der Waals surface area contributed by atoms with E-state index in [2.05, 4.69) is 36.2 Å². The van der Waals surface area contributed by atoms with Gasteiger partial charge in [0.05, 0.1) is 0 Å². The SMILES string of the molecule is CC(C)(CN1CCNCC1)c1cccc(Cl)c1. The molecule has 0 saturated carbocycles. The quantitative estimate of drug-likeness (QED) is 0.890. The van der Waals surface area contributed by atoms with Gasteiger partial charge in [-0.05, 0) is 17.7 Å². The molecule has 0 unspecified atom stereocenters. The van der Waals surface area contributed by atoms with Crippen molar-refractivity contribution in [1.29, 1.82) is 0 Å². The number of piperazine rings is 1. The molecule has 0 aliphatic carbocycles. The van der Waals surface area contributed by atoms with Crippen LogP contribution < -0.4 is 5.32 Å². The predicted octanol–water partition coefficient (Wildman–Crippen LogP) is 2.52. The molecule has 1 aliphatic heterocycles. The molecule has 0 aromatic heterocycles. The number of rotatable bonds is 3. The second-order valence-corrected chi connectivity index (χ2v) is 5.86. The van der Waals surface area contributed by atoms with E-state index in [0.717, 1.165) is 37.7 Å². The first-order chi connectivity index (χ1) is 8.08. The van der Waals surface area contributed by atoms with Gasteiger partial charge in [0.25, 0.3) is 0 Å². The first-order valence-electron chi connectivity index (χ1n) is 6.27. The fourth-order valence-electron chi connectivity index (χ4n) is 2.43. The van der Waals surface area contributed by atoms with Crippen LogP contribution in [0.5, 0.6) is 0 Å². The molecule has 1 saturated heterocycles. The zero-order valence-electron chi connectivity index (χ0n) is 10.7. The molecule has 0 bridgehead atoms. The third-order valence-corrected chi connectivity index (χ3v) is 3.67. The normalized spacial score (nSPS) is 18.3. The molecule has 2 nitrogen and oxygen atoms in total. The van der Waals surface area contributed by atoms with Gasteiger partial charge >= 0.3 is 0 Å². The van der Waals surface area contributed by atoms with E-state index in [1.165, 1.54) is 5.56 Å². The molecule has 94 valence electrons. The molecule has 2 rings (SSSR count). The second kappa shape index (κ2) is 5.38. The average molecular weight is 253 g/mol. The van der Waals surface area contributed by atoms with Gasteiger partial charge < -0.3 is 5.32 Å². The molecule has 1 aromatic rings. The van der Waals surface area contributed by atoms with E-state index in [1.807, 2.05) is 12.1 Å². The number of benzene rings is 1. The van der Waals surface area contributed by atoms with Crippen molar-refractivity contribution in [2.24, 2.45) is 0 Å². The summed E-state index contributed by atoms with van der Waals surface area (Å²) in [6.07, 6.45) is 0. The molecule has 0 radical (unpaired) electrons. The summed E-state index contributed by atoms with van der Waals surface area (Å²) in [4.78, 5) is 2.53. The highest BCUT2D eigenvalue weighted by molar-refractivity contribution is 6.30. The summed E-state index contributed by atoms with van der Waals surface area (Å²) in [7, 11) is 0. The summed E-state index contributed by atoms with van der Waals surface area (Å²) in [5.41, 5.74) is 1.48. The molecule has 1 aliphatic rings. The fraction of sp³-hybridized carbons (Fsp3) is 0.571. The minimum absolute atomic E-state index is 0.155. The third kappa shape index (κ3) is 3.44. The third-order valence-electron chi connectivity index (χ3n) is 3.43. The number of halogens is 1. The van der Waals surface area contributed by atoms with Crippen molar-refractivity contribution in [3.8, 4) is 0 Å². The van der Waals surface area contributed by atoms with Gasteiger partial charge in [-0.1, -0.05) is 37.6 Å². The Balaban J connectivity index is 2.06. The minimum atomic E-state index is 0.155. The molecular formula is C14H21ClN2. The van der Waals surface area contributed by atoms with Crippen LogP contribution in [0.2, 0.25) is 5.02 Å². The Morgan fingerprint density at radius 3 is 2.65 bits per heavy atom. The van der Waals surface area contributed by atoms with Crippen LogP contribution in [0.1, 0.15) is 19.4 Å². The highest BCUT2D eigenvalue weighted by atomic mass is 35.5. The fourth-order valence-corrected chi connectivity index (χ4v) is 2.62. The summed E-state index contributed by atoms with van der Waals surface area (Å²) in [6.45, 7) is 10.2. The van der Waals surface area contributed by atoms with E-state index in [1.54, 1.807) is 0 Å². The molecule has 1 N–H and O–H groups in total. The van der Waals surface area contributed by atoms with Gasteiger partial charge in [0.2, 0.25) is 0 Å². The number of nitrogens with one attached hydrogen (secondary N) is 1. The van der Waals surface area contributed by atoms with Gasteiger partial charge in [0.15, 0.2) is 0 Å². The summed E-state index contributed by atoms with van der Waals surface area (Å²) in [5.74, 6) is 0. The van der Waals surface area contributed by atoms with Crippen LogP contribution in [0.25, 0.3) is 0 Å². The molecule has 17 heavy (non-hydrogen) atoms. The summed E-state index contributed by atoms with van der Waals surface area (Å²) < 4.78 is 0. The lowest BCUT2D eigenvalue weighted by Gasteiger charge is -2.35. The Morgan fingerprint density at radius 1 is 1.29 bits per heavy atom. The van der Waals surface area contributed by atoms with Crippen molar-refractivity contribution in [3.05, 3.63) is 34.9 Å². The van der Waals surface area contributed by atoms with Crippen molar-refractivity contribution >= 4 is 11.6 Å². The highest BCUT2D eigenvalue weighted by Gasteiger charge is 2.24. The molecule has 0 amide bonds. The Bertz CT molecular complexity index is 370. The molecule has 3 heteroatoms. The van der Waals surface area contributed by atoms with Crippen LogP contribution in [0, 0.1) is 0 Å². The Kier molecular flexibility index (Phi) is 4.08. The van der Waals surface area contributed by atoms with Crippen molar-refractivity contribution in [1.82, 2.24) is 10.2 Å². The van der Waals surface area contributed by atoms with E-state index in [9.17, 15) is 0 Å². The maximum atomic E-state index is 6.07. The van der Waals surface area contributed by atoms with E-state index in [4.69, 9.17) is 11.6 Å². The molecule has 0 spiro atoms. The van der Waals surface area contributed by atoms with Crippen molar-refractivity contribution in [3.63, 3.8) is 0 Å². The van der Waals surface area contributed by atoms with Crippen molar-refractivity contribution in [2.75, 3.05) is 32.7 Å². The lowest BCUT2D eigenvalue weighted by atomic mass is 9.84. The van der Waals surface area contributed by atoms with E-state index < -0.39 is 0 Å². The number of hydrogen-bond donors (Lipinski definition) is 1. The Morgan fingerprint density at radius 2 is 2.00 bits per heavy atom. The van der Waals surface area contributed by atoms with Gasteiger partial charge in [-0.3, -0.25) is 4.90 Å². The number of hydrogen-bond acceptors (Lipinski definition) is 2. The molecule has 0 atom stereocenters. The van der Waals surface area contributed by atoms with Gasteiger partial charge in [0, 0.05) is 43.2 Å². The van der Waals surface area contributed by atoms with Crippen LogP contribution in [-0.2, 0) is 5.41 Å². The highest BCUT2D eigenvalue weighted by Crippen LogP contribution is 2.26. The second-order valence-electron chi connectivity index (χ2n) is 5.42. The molecule has 1 fully saturated rings. The van der Waals surface area contributed by atoms with Crippen molar-refractivity contribution < 1.29 is 0 Å². The summed E-state index contributed by atoms with van der Waals surface area (Å²) in [6, 6.07) is 8.24. The first kappa shape index (κ1) is 12.9. The maximum absolute atomic E-state index is 6.07. The van der Waals surface area contributed by atoms with Gasteiger partial charge in [0.1, 0.15) is 0 Å². The zero-order chi connectivity index (χ0) is 12.3. The van der Waals surface area contributed by atoms with E-state index >= 15 is 0 Å². The van der Waals surface area contributed by atoms with Gasteiger partial charge in [-0.15, -0.1) is 0 Å². The van der Waals surface area contributed by atoms with E-state index in [-0.39, 0.29) is 5.41 Å². The predicted molar refractivity (Wildman–Crippen MR) is 73.8 cm³/mol. The van der Waals surface area contributed by atoms with Crippen LogP contribution in [0.4, 0.5) is 0 Å². The minimum Gasteiger partial charge on any atom is -0.314 e.